The Bertz CT molecular complexity index is 1140. The van der Waals surface area contributed by atoms with E-state index in [-0.39, 0.29) is 0 Å². The van der Waals surface area contributed by atoms with Crippen LogP contribution in [0.1, 0.15) is 23.6 Å². The van der Waals surface area contributed by atoms with Crippen LogP contribution < -0.4 is 9.62 Å². The minimum Gasteiger partial charge on any atom is -0.378 e. The van der Waals surface area contributed by atoms with Gasteiger partial charge in [0.15, 0.2) is 0 Å². The molecule has 156 valence electrons. The quantitative estimate of drug-likeness (QED) is 0.749. The molecule has 1 N–H and O–H groups in total. The molecule has 0 unspecified atom stereocenters. The van der Waals surface area contributed by atoms with Gasteiger partial charge in [0, 0.05) is 31.9 Å². The summed E-state index contributed by atoms with van der Waals surface area (Å²) >= 11 is 0. The third kappa shape index (κ3) is 5.07. The summed E-state index contributed by atoms with van der Waals surface area (Å²) in [6.07, 6.45) is 2.59. The van der Waals surface area contributed by atoms with E-state index < -0.39 is 26.1 Å². The molecule has 2 aromatic rings. The second kappa shape index (κ2) is 7.68. The lowest BCUT2D eigenvalue weighted by atomic mass is 9.98. The Hall–Kier alpha value is -2.59. The largest absolute Gasteiger partial charge is 0.378 e. The van der Waals surface area contributed by atoms with Crippen LogP contribution in [-0.2, 0) is 20.0 Å². The lowest BCUT2D eigenvalue weighted by molar-refractivity contribution is 0.375. The lowest BCUT2D eigenvalue weighted by Gasteiger charge is -2.22. The number of hydrogen-bond donors (Lipinski definition) is 1. The van der Waals surface area contributed by atoms with Crippen molar-refractivity contribution >= 4 is 37.1 Å². The average molecular weight is 437 g/mol. The van der Waals surface area contributed by atoms with Crippen molar-refractivity contribution in [1.29, 1.82) is 0 Å². The van der Waals surface area contributed by atoms with Crippen LogP contribution in [0.2, 0.25) is 0 Å². The van der Waals surface area contributed by atoms with Crippen molar-refractivity contribution in [2.75, 3.05) is 36.2 Å². The molecule has 10 heteroatoms. The fraction of sp³-hybridized carbons (Fsp3) is 0.316. The Morgan fingerprint density at radius 3 is 2.24 bits per heavy atom. The van der Waals surface area contributed by atoms with E-state index in [1.54, 1.807) is 24.3 Å². The summed E-state index contributed by atoms with van der Waals surface area (Å²) < 4.78 is 51.2. The van der Waals surface area contributed by atoms with Crippen molar-refractivity contribution in [2.24, 2.45) is 5.10 Å². The molecule has 1 aliphatic rings. The Morgan fingerprint density at radius 1 is 1.03 bits per heavy atom. The highest BCUT2D eigenvalue weighted by Crippen LogP contribution is 2.35. The molecule has 0 spiro atoms. The zero-order valence-corrected chi connectivity index (χ0v) is 18.3. The van der Waals surface area contributed by atoms with Gasteiger partial charge in [0.2, 0.25) is 20.0 Å². The van der Waals surface area contributed by atoms with Crippen molar-refractivity contribution < 1.29 is 16.8 Å². The second-order valence-electron chi connectivity index (χ2n) is 7.24. The Morgan fingerprint density at radius 2 is 1.69 bits per heavy atom. The first-order valence-electron chi connectivity index (χ1n) is 8.86. The highest BCUT2D eigenvalue weighted by atomic mass is 32.2. The van der Waals surface area contributed by atoms with E-state index in [0.717, 1.165) is 28.2 Å². The number of hydrazone groups is 1. The van der Waals surface area contributed by atoms with Gasteiger partial charge in [-0.1, -0.05) is 24.3 Å². The minimum absolute atomic E-state index is 0.386. The molecule has 1 aliphatic heterocycles. The summed E-state index contributed by atoms with van der Waals surface area (Å²) in [5.41, 5.74) is 3.50. The van der Waals surface area contributed by atoms with Crippen molar-refractivity contribution in [3.8, 4) is 0 Å². The van der Waals surface area contributed by atoms with E-state index in [0.29, 0.717) is 23.4 Å². The average Bonchev–Trinajstić information content (AvgIpc) is 3.06. The summed E-state index contributed by atoms with van der Waals surface area (Å²) in [5.74, 6) is 0. The summed E-state index contributed by atoms with van der Waals surface area (Å²) in [6.45, 7) is 0. The maximum atomic E-state index is 12.3. The highest BCUT2D eigenvalue weighted by Gasteiger charge is 2.34. The molecule has 0 radical (unpaired) electrons. The van der Waals surface area contributed by atoms with Crippen LogP contribution in [0.25, 0.3) is 0 Å². The maximum absolute atomic E-state index is 12.3. The topological polar surface area (TPSA) is 99.2 Å². The molecule has 0 aliphatic carbocycles. The summed E-state index contributed by atoms with van der Waals surface area (Å²) in [5, 5.41) is 4.36. The molecule has 0 saturated heterocycles. The van der Waals surface area contributed by atoms with Gasteiger partial charge < -0.3 is 4.90 Å². The molecule has 0 saturated carbocycles. The monoisotopic (exact) mass is 436 g/mol. The van der Waals surface area contributed by atoms with Crippen molar-refractivity contribution in [3.63, 3.8) is 0 Å². The van der Waals surface area contributed by atoms with E-state index in [9.17, 15) is 16.8 Å². The van der Waals surface area contributed by atoms with Crippen LogP contribution in [0.3, 0.4) is 0 Å². The highest BCUT2D eigenvalue weighted by molar-refractivity contribution is 7.92. The zero-order valence-electron chi connectivity index (χ0n) is 16.7. The molecule has 29 heavy (non-hydrogen) atoms. The van der Waals surface area contributed by atoms with Gasteiger partial charge in [0.25, 0.3) is 0 Å². The normalized spacial score (nSPS) is 17.2. The Balaban J connectivity index is 1.95. The van der Waals surface area contributed by atoms with Gasteiger partial charge in [-0.15, -0.1) is 0 Å². The number of benzene rings is 2. The van der Waals surface area contributed by atoms with Gasteiger partial charge in [-0.2, -0.15) is 9.52 Å². The van der Waals surface area contributed by atoms with Crippen LogP contribution in [0.15, 0.2) is 53.6 Å². The standard InChI is InChI=1S/C19H24N4O4S2/c1-22(2)17-10-8-14(9-11-17)19-13-18(20-23(19)29(4,26)27)15-6-5-7-16(12-15)21-28(3,24)25/h5-12,19,21H,13H2,1-4H3/t19-/m0/s1. The molecule has 0 fully saturated rings. The predicted octanol–water partition coefficient (Wildman–Crippen LogP) is 2.23. The summed E-state index contributed by atoms with van der Waals surface area (Å²) in [4.78, 5) is 1.97. The SMILES string of the molecule is CN(C)c1ccc([C@@H]2CC(c3cccc(NS(C)(=O)=O)c3)=NN2S(C)(=O)=O)cc1. The molecule has 1 atom stereocenters. The van der Waals surface area contributed by atoms with E-state index in [1.807, 2.05) is 43.3 Å². The molecule has 2 aromatic carbocycles. The van der Waals surface area contributed by atoms with E-state index in [1.165, 1.54) is 0 Å². The van der Waals surface area contributed by atoms with E-state index in [4.69, 9.17) is 0 Å². The van der Waals surface area contributed by atoms with Gasteiger partial charge in [-0.25, -0.2) is 16.8 Å². The molecule has 1 heterocycles. The van der Waals surface area contributed by atoms with Crippen LogP contribution in [0.4, 0.5) is 11.4 Å². The van der Waals surface area contributed by atoms with Crippen molar-refractivity contribution in [3.05, 3.63) is 59.7 Å². The van der Waals surface area contributed by atoms with E-state index in [2.05, 4.69) is 9.82 Å². The Kier molecular flexibility index (Phi) is 5.59. The number of hydrogen-bond acceptors (Lipinski definition) is 6. The second-order valence-corrected chi connectivity index (χ2v) is 10.8. The predicted molar refractivity (Wildman–Crippen MR) is 116 cm³/mol. The van der Waals surface area contributed by atoms with Gasteiger partial charge in [-0.05, 0) is 35.4 Å². The van der Waals surface area contributed by atoms with Crippen molar-refractivity contribution in [1.82, 2.24) is 4.41 Å². The number of sulfonamides is 2. The molecule has 0 bridgehead atoms. The third-order valence-corrected chi connectivity index (χ3v) is 6.13. The number of rotatable bonds is 6. The van der Waals surface area contributed by atoms with Gasteiger partial charge in [0.05, 0.1) is 24.3 Å². The number of nitrogens with zero attached hydrogens (tertiary/aromatic N) is 3. The first-order valence-corrected chi connectivity index (χ1v) is 12.6. The van der Waals surface area contributed by atoms with Crippen LogP contribution >= 0.6 is 0 Å². The lowest BCUT2D eigenvalue weighted by Crippen LogP contribution is -2.26. The molecule has 0 amide bonds. The van der Waals surface area contributed by atoms with Gasteiger partial charge in [0.1, 0.15) is 0 Å². The van der Waals surface area contributed by atoms with Gasteiger partial charge >= 0.3 is 0 Å². The maximum Gasteiger partial charge on any atom is 0.247 e. The molecular weight excluding hydrogens is 412 g/mol. The molecule has 8 nitrogen and oxygen atoms in total. The zero-order chi connectivity index (χ0) is 21.4. The van der Waals surface area contributed by atoms with Gasteiger partial charge in [-0.3, -0.25) is 4.72 Å². The van der Waals surface area contributed by atoms with Crippen molar-refractivity contribution in [2.45, 2.75) is 12.5 Å². The molecule has 0 aromatic heterocycles. The molecular formula is C19H24N4O4S2. The number of anilines is 2. The first kappa shape index (κ1) is 21.1. The smallest absolute Gasteiger partial charge is 0.247 e. The third-order valence-electron chi connectivity index (χ3n) is 4.51. The van der Waals surface area contributed by atoms with Crippen LogP contribution in [-0.4, -0.2) is 53.6 Å². The minimum atomic E-state index is -3.58. The van der Waals surface area contributed by atoms with Crippen LogP contribution in [0, 0.1) is 0 Å². The number of nitrogens with one attached hydrogen (secondary N) is 1. The fourth-order valence-corrected chi connectivity index (χ4v) is 4.65. The first-order chi connectivity index (χ1) is 13.4. The fourth-order valence-electron chi connectivity index (χ4n) is 3.19. The van der Waals surface area contributed by atoms with E-state index >= 15 is 0 Å². The summed E-state index contributed by atoms with van der Waals surface area (Å²) in [6, 6.07) is 14.0. The summed E-state index contributed by atoms with van der Waals surface area (Å²) in [7, 11) is -3.13. The molecule has 3 rings (SSSR count). The van der Waals surface area contributed by atoms with Crippen LogP contribution in [0.5, 0.6) is 0 Å². The Labute approximate surface area is 171 Å².